The van der Waals surface area contributed by atoms with E-state index < -0.39 is 0 Å². The Morgan fingerprint density at radius 3 is 1.23 bits per heavy atom. The van der Waals surface area contributed by atoms with Crippen molar-refractivity contribution in [1.82, 2.24) is 0 Å². The Bertz CT molecular complexity index is 320. The summed E-state index contributed by atoms with van der Waals surface area (Å²) >= 11 is 20.4. The minimum atomic E-state index is 0.918. The Balaban J connectivity index is 3.56. The molecule has 72 valence electrons. The summed E-state index contributed by atoms with van der Waals surface area (Å²) in [4.78, 5) is 0. The lowest BCUT2D eigenvalue weighted by atomic mass is 10.3. The van der Waals surface area contributed by atoms with Gasteiger partial charge in [-0.25, -0.2) is 0 Å². The van der Waals surface area contributed by atoms with Crippen LogP contribution in [0, 0.1) is 0 Å². The van der Waals surface area contributed by atoms with Gasteiger partial charge >= 0.3 is 0 Å². The first kappa shape index (κ1) is 13.0. The topological polar surface area (TPSA) is 12.0 Å². The molecule has 0 aliphatic heterocycles. The molecule has 0 radical (unpaired) electrons. The van der Waals surface area contributed by atoms with E-state index in [4.69, 9.17) is 0 Å². The fourth-order valence-corrected chi connectivity index (χ4v) is 4.86. The second kappa shape index (κ2) is 5.30. The highest BCUT2D eigenvalue weighted by atomic mass is 79.9. The molecule has 0 spiro atoms. The summed E-state index contributed by atoms with van der Waals surface area (Å²) in [7, 11) is 0. The number of anilines is 1. The third kappa shape index (κ3) is 2.53. The quantitative estimate of drug-likeness (QED) is 0.242. The standard InChI is InChI=1S/C6HBr6N/c7-1-2(8)4(10)6(13-12)5(11)3(1)9/h13H. The summed E-state index contributed by atoms with van der Waals surface area (Å²) in [5.74, 6) is 0. The van der Waals surface area contributed by atoms with E-state index in [2.05, 4.69) is 100 Å². The lowest BCUT2D eigenvalue weighted by Crippen LogP contribution is -1.88. The summed E-state index contributed by atoms with van der Waals surface area (Å²) in [6, 6.07) is 0. The van der Waals surface area contributed by atoms with E-state index >= 15 is 0 Å². The van der Waals surface area contributed by atoms with Crippen molar-refractivity contribution in [2.75, 3.05) is 4.34 Å². The molecule has 0 saturated carbocycles. The van der Waals surface area contributed by atoms with Crippen LogP contribution in [-0.4, -0.2) is 0 Å². The second-order valence-electron chi connectivity index (χ2n) is 2.04. The minimum Gasteiger partial charge on any atom is -0.320 e. The third-order valence-electron chi connectivity index (χ3n) is 1.30. The molecule has 0 aliphatic rings. The monoisotopic (exact) mass is 561 g/mol. The van der Waals surface area contributed by atoms with Crippen LogP contribution in [0.3, 0.4) is 0 Å². The fraction of sp³-hybridized carbons (Fsp3) is 0. The SMILES string of the molecule is BrNc1c(Br)c(Br)c(Br)c(Br)c1Br. The highest BCUT2D eigenvalue weighted by Gasteiger charge is 2.16. The smallest absolute Gasteiger partial charge is 0.0752 e. The number of nitrogens with one attached hydrogen (secondary N) is 1. The van der Waals surface area contributed by atoms with Gasteiger partial charge in [-0.05, 0) is 79.6 Å². The van der Waals surface area contributed by atoms with Crippen molar-refractivity contribution in [2.24, 2.45) is 0 Å². The normalized spacial score (nSPS) is 10.3. The predicted molar refractivity (Wildman–Crippen MR) is 77.5 cm³/mol. The van der Waals surface area contributed by atoms with Crippen molar-refractivity contribution in [1.29, 1.82) is 0 Å². The zero-order valence-electron chi connectivity index (χ0n) is 5.77. The number of hydrogen-bond acceptors (Lipinski definition) is 1. The van der Waals surface area contributed by atoms with Crippen molar-refractivity contribution < 1.29 is 0 Å². The highest BCUT2D eigenvalue weighted by Crippen LogP contribution is 2.47. The van der Waals surface area contributed by atoms with Gasteiger partial charge in [0.15, 0.2) is 0 Å². The molecule has 1 aromatic carbocycles. The number of halogens is 6. The maximum atomic E-state index is 3.46. The minimum absolute atomic E-state index is 0.918. The molecule has 0 amide bonds. The molecular weight excluding hydrogens is 565 g/mol. The van der Waals surface area contributed by atoms with Gasteiger partial charge in [-0.2, -0.15) is 0 Å². The first-order chi connectivity index (χ1) is 6.00. The Morgan fingerprint density at radius 2 is 0.923 bits per heavy atom. The Labute approximate surface area is 126 Å². The van der Waals surface area contributed by atoms with Crippen LogP contribution in [0.5, 0.6) is 0 Å². The van der Waals surface area contributed by atoms with E-state index in [-0.39, 0.29) is 0 Å². The first-order valence-corrected chi connectivity index (χ1v) is 7.64. The van der Waals surface area contributed by atoms with Crippen molar-refractivity contribution >= 4 is 101 Å². The molecule has 0 fully saturated rings. The average molecular weight is 567 g/mol. The third-order valence-corrected chi connectivity index (χ3v) is 7.79. The lowest BCUT2D eigenvalue weighted by molar-refractivity contribution is 1.46. The second-order valence-corrected chi connectivity index (χ2v) is 6.40. The van der Waals surface area contributed by atoms with Crippen LogP contribution in [0.1, 0.15) is 0 Å². The van der Waals surface area contributed by atoms with Crippen LogP contribution < -0.4 is 4.34 Å². The summed E-state index contributed by atoms with van der Waals surface area (Å²) in [6.07, 6.45) is 0. The van der Waals surface area contributed by atoms with E-state index in [0.29, 0.717) is 0 Å². The lowest BCUT2D eigenvalue weighted by Gasteiger charge is -2.11. The number of hydrogen-bond donors (Lipinski definition) is 1. The highest BCUT2D eigenvalue weighted by molar-refractivity contribution is 9.16. The first-order valence-electron chi connectivity index (χ1n) is 2.88. The fourth-order valence-electron chi connectivity index (χ4n) is 0.688. The van der Waals surface area contributed by atoms with Gasteiger partial charge in [-0.3, -0.25) is 0 Å². The van der Waals surface area contributed by atoms with E-state index in [9.17, 15) is 0 Å². The van der Waals surface area contributed by atoms with Crippen molar-refractivity contribution in [2.45, 2.75) is 0 Å². The van der Waals surface area contributed by atoms with Gasteiger partial charge in [0.1, 0.15) is 0 Å². The Morgan fingerprint density at radius 1 is 0.615 bits per heavy atom. The maximum absolute atomic E-state index is 3.46. The molecule has 0 unspecified atom stereocenters. The van der Waals surface area contributed by atoms with Gasteiger partial charge in [0.2, 0.25) is 0 Å². The zero-order valence-corrected chi connectivity index (χ0v) is 15.3. The van der Waals surface area contributed by atoms with Crippen molar-refractivity contribution in [3.63, 3.8) is 0 Å². The van der Waals surface area contributed by atoms with E-state index in [1.807, 2.05) is 0 Å². The van der Waals surface area contributed by atoms with Gasteiger partial charge in [-0.1, -0.05) is 0 Å². The molecule has 7 heteroatoms. The van der Waals surface area contributed by atoms with Crippen LogP contribution >= 0.6 is 95.8 Å². The Hall–Kier alpha value is 1.90. The van der Waals surface area contributed by atoms with Gasteiger partial charge in [0.05, 0.1) is 14.6 Å². The van der Waals surface area contributed by atoms with Crippen LogP contribution in [0.15, 0.2) is 22.4 Å². The molecule has 0 saturated heterocycles. The van der Waals surface area contributed by atoms with E-state index in [1.165, 1.54) is 0 Å². The van der Waals surface area contributed by atoms with Crippen LogP contribution in [0.4, 0.5) is 5.69 Å². The summed E-state index contributed by atoms with van der Waals surface area (Å²) in [6.45, 7) is 0. The van der Waals surface area contributed by atoms with Crippen LogP contribution in [0.25, 0.3) is 0 Å². The van der Waals surface area contributed by atoms with Crippen LogP contribution in [-0.2, 0) is 0 Å². The molecular formula is C6HBr6N. The molecule has 1 N–H and O–H groups in total. The van der Waals surface area contributed by atoms with Gasteiger partial charge in [0.25, 0.3) is 0 Å². The van der Waals surface area contributed by atoms with Crippen molar-refractivity contribution in [3.05, 3.63) is 22.4 Å². The molecule has 1 nitrogen and oxygen atoms in total. The van der Waals surface area contributed by atoms with Gasteiger partial charge in [0, 0.05) is 29.6 Å². The van der Waals surface area contributed by atoms with Crippen molar-refractivity contribution in [3.8, 4) is 0 Å². The van der Waals surface area contributed by atoms with E-state index in [0.717, 1.165) is 28.1 Å². The summed E-state index contributed by atoms with van der Waals surface area (Å²) < 4.78 is 7.64. The molecule has 0 aromatic heterocycles. The molecule has 13 heavy (non-hydrogen) atoms. The van der Waals surface area contributed by atoms with Gasteiger partial charge in [-0.15, -0.1) is 0 Å². The van der Waals surface area contributed by atoms with E-state index in [1.54, 1.807) is 0 Å². The molecule has 1 aromatic rings. The molecule has 0 atom stereocenters. The molecule has 1 rings (SSSR count). The summed E-state index contributed by atoms with van der Waals surface area (Å²) in [5.41, 5.74) is 0.918. The molecule has 0 bridgehead atoms. The number of benzene rings is 1. The Kier molecular flexibility index (Phi) is 5.28. The summed E-state index contributed by atoms with van der Waals surface area (Å²) in [5, 5.41) is 0. The molecule has 0 aliphatic carbocycles. The predicted octanol–water partition coefficient (Wildman–Crippen LogP) is 6.22. The number of rotatable bonds is 1. The van der Waals surface area contributed by atoms with Gasteiger partial charge < -0.3 is 4.34 Å². The maximum Gasteiger partial charge on any atom is 0.0752 e. The molecule has 0 heterocycles. The van der Waals surface area contributed by atoms with Crippen LogP contribution in [0.2, 0.25) is 0 Å². The largest absolute Gasteiger partial charge is 0.320 e. The average Bonchev–Trinajstić information content (AvgIpc) is 2.13. The zero-order chi connectivity index (χ0) is 10.2.